The predicted octanol–water partition coefficient (Wildman–Crippen LogP) is 6.56. The van der Waals surface area contributed by atoms with Crippen molar-refractivity contribution in [2.45, 2.75) is 51.6 Å². The van der Waals surface area contributed by atoms with Crippen molar-refractivity contribution in [1.29, 1.82) is 5.26 Å². The molecule has 0 spiro atoms. The average Bonchev–Trinajstić information content (AvgIpc) is 3.82. The number of halogens is 2. The molecule has 11 nitrogen and oxygen atoms in total. The maximum absolute atomic E-state index is 11.5. The first kappa shape index (κ1) is 36.3. The third-order valence-corrected chi connectivity index (χ3v) is 10.2. The molecule has 13 heteroatoms. The summed E-state index contributed by atoms with van der Waals surface area (Å²) in [5, 5.41) is 37.1. The Labute approximate surface area is 309 Å². The Bertz CT molecular complexity index is 2040. The number of aliphatic hydroxyl groups excluding tert-OH is 1. The van der Waals surface area contributed by atoms with Gasteiger partial charge in [-0.15, -0.1) is 0 Å². The Morgan fingerprint density at radius 2 is 1.78 bits per heavy atom. The molecule has 0 saturated carbocycles. The number of aryl methyl sites for hydroxylation is 1. The fourth-order valence-corrected chi connectivity index (χ4v) is 7.07. The minimum absolute atomic E-state index is 0.0531. The van der Waals surface area contributed by atoms with Crippen LogP contribution in [0, 0.1) is 11.3 Å². The zero-order chi connectivity index (χ0) is 35.7. The van der Waals surface area contributed by atoms with E-state index in [0.29, 0.717) is 33.2 Å². The topological polar surface area (TPSA) is 146 Å². The van der Waals surface area contributed by atoms with Gasteiger partial charge in [0.2, 0.25) is 0 Å². The van der Waals surface area contributed by atoms with Crippen LogP contribution in [-0.4, -0.2) is 68.1 Å². The number of likely N-dealkylation sites (tertiary alicyclic amines) is 1. The Kier molecular flexibility index (Phi) is 12.2. The lowest BCUT2D eigenvalue weighted by Gasteiger charge is -2.18. The van der Waals surface area contributed by atoms with Crippen LogP contribution >= 0.6 is 27.5 Å². The van der Waals surface area contributed by atoms with Crippen molar-refractivity contribution in [3.63, 3.8) is 0 Å². The number of aliphatic hydroxyl groups is 1. The lowest BCUT2D eigenvalue weighted by molar-refractivity contribution is -0.140. The Morgan fingerprint density at radius 3 is 2.57 bits per heavy atom. The van der Waals surface area contributed by atoms with Crippen LogP contribution in [-0.2, 0) is 31.1 Å². The van der Waals surface area contributed by atoms with Crippen LogP contribution in [0.3, 0.4) is 0 Å². The van der Waals surface area contributed by atoms with Crippen LogP contribution in [0.1, 0.15) is 41.5 Å². The van der Waals surface area contributed by atoms with Crippen LogP contribution in [0.2, 0.25) is 5.02 Å². The molecule has 3 N–H and O–H groups in total. The standard InChI is InChI=1S/C38H38BrClN6O5/c39-37-27(6-3-8-30(37)29-7-4-9-34-31(29)21-44-46(34)13-5-12-45-10-1-2-11-45)24-51-36-16-35(50-23-26-14-25(17-41)18-42-19-26)28(15-32(36)40)20-43-33(22-47)38(48)49/h3-4,6-9,14-16,18-19,21,33,43,47H,1-2,5,10-13,20,22-24H2,(H,48,49). The monoisotopic (exact) mass is 772 g/mol. The second kappa shape index (κ2) is 17.1. The van der Waals surface area contributed by atoms with Crippen LogP contribution < -0.4 is 14.8 Å². The van der Waals surface area contributed by atoms with Crippen LogP contribution in [0.15, 0.2) is 77.7 Å². The van der Waals surface area contributed by atoms with Gasteiger partial charge >= 0.3 is 5.97 Å². The van der Waals surface area contributed by atoms with E-state index in [1.54, 1.807) is 24.4 Å². The van der Waals surface area contributed by atoms with Gasteiger partial charge in [0.25, 0.3) is 0 Å². The quantitative estimate of drug-likeness (QED) is 0.101. The minimum Gasteiger partial charge on any atom is -0.488 e. The zero-order valence-corrected chi connectivity index (χ0v) is 30.2. The van der Waals surface area contributed by atoms with E-state index in [1.807, 2.05) is 18.3 Å². The van der Waals surface area contributed by atoms with E-state index in [-0.39, 0.29) is 19.8 Å². The Balaban J connectivity index is 1.21. The van der Waals surface area contributed by atoms with Gasteiger partial charge in [-0.1, -0.05) is 41.9 Å². The van der Waals surface area contributed by atoms with Gasteiger partial charge in [-0.3, -0.25) is 19.8 Å². The summed E-state index contributed by atoms with van der Waals surface area (Å²) in [4.78, 5) is 18.1. The number of aromatic nitrogens is 3. The first-order valence-corrected chi connectivity index (χ1v) is 18.0. The van der Waals surface area contributed by atoms with E-state index in [0.717, 1.165) is 51.6 Å². The molecular formula is C38H38BrClN6O5. The Morgan fingerprint density at radius 1 is 1.00 bits per heavy atom. The van der Waals surface area contributed by atoms with Gasteiger partial charge in [0.1, 0.15) is 36.8 Å². The van der Waals surface area contributed by atoms with Crippen molar-refractivity contribution in [2.75, 3.05) is 26.2 Å². The summed E-state index contributed by atoms with van der Waals surface area (Å²) in [6.07, 6.45) is 8.65. The summed E-state index contributed by atoms with van der Waals surface area (Å²) in [7, 11) is 0. The highest BCUT2D eigenvalue weighted by atomic mass is 79.9. The van der Waals surface area contributed by atoms with E-state index >= 15 is 0 Å². The molecule has 1 aliphatic rings. The summed E-state index contributed by atoms with van der Waals surface area (Å²) < 4.78 is 15.4. The predicted molar refractivity (Wildman–Crippen MR) is 198 cm³/mol. The molecule has 264 valence electrons. The molecule has 0 bridgehead atoms. The largest absolute Gasteiger partial charge is 0.488 e. The smallest absolute Gasteiger partial charge is 0.323 e. The van der Waals surface area contributed by atoms with E-state index in [1.165, 1.54) is 32.1 Å². The molecule has 1 saturated heterocycles. The summed E-state index contributed by atoms with van der Waals surface area (Å²) in [5.41, 5.74) is 5.71. The number of carboxylic acid groups (broad SMARTS) is 1. The van der Waals surface area contributed by atoms with Gasteiger partial charge in [-0.2, -0.15) is 10.4 Å². The first-order valence-electron chi connectivity index (χ1n) is 16.8. The number of carboxylic acids is 1. The fourth-order valence-electron chi connectivity index (χ4n) is 6.23. The van der Waals surface area contributed by atoms with Gasteiger partial charge in [-0.05, 0) is 84.2 Å². The highest BCUT2D eigenvalue weighted by Gasteiger charge is 2.19. The molecule has 0 aliphatic carbocycles. The van der Waals surface area contributed by atoms with Gasteiger partial charge in [0.15, 0.2) is 0 Å². The third-order valence-electron chi connectivity index (χ3n) is 8.94. The highest BCUT2D eigenvalue weighted by Crippen LogP contribution is 2.38. The van der Waals surface area contributed by atoms with Gasteiger partial charge in [0, 0.05) is 58.1 Å². The van der Waals surface area contributed by atoms with Gasteiger partial charge in [0.05, 0.1) is 28.9 Å². The van der Waals surface area contributed by atoms with Crippen molar-refractivity contribution < 1.29 is 24.5 Å². The van der Waals surface area contributed by atoms with Crippen molar-refractivity contribution in [1.82, 2.24) is 25.0 Å². The number of nitrogens with one attached hydrogen (secondary N) is 1. The van der Waals surface area contributed by atoms with Crippen LogP contribution in [0.5, 0.6) is 11.5 Å². The molecule has 3 heterocycles. The normalized spacial score (nSPS) is 13.7. The van der Waals surface area contributed by atoms with E-state index in [9.17, 15) is 20.3 Å². The number of nitrogens with zero attached hydrogens (tertiary/aromatic N) is 5. The molecular weight excluding hydrogens is 736 g/mol. The number of fused-ring (bicyclic) bond motifs is 1. The fraction of sp³-hybridized carbons (Fsp3) is 0.316. The highest BCUT2D eigenvalue weighted by molar-refractivity contribution is 9.10. The second-order valence-electron chi connectivity index (χ2n) is 12.4. The number of rotatable bonds is 16. The van der Waals surface area contributed by atoms with Crippen molar-refractivity contribution in [2.24, 2.45) is 0 Å². The first-order chi connectivity index (χ1) is 24.8. The number of benzene rings is 3. The van der Waals surface area contributed by atoms with Gasteiger partial charge in [-0.25, -0.2) is 0 Å². The number of hydrogen-bond donors (Lipinski definition) is 3. The molecule has 1 fully saturated rings. The lowest BCUT2D eigenvalue weighted by Crippen LogP contribution is -2.39. The summed E-state index contributed by atoms with van der Waals surface area (Å²) >= 11 is 10.5. The van der Waals surface area contributed by atoms with Crippen molar-refractivity contribution in [3.05, 3.63) is 105 Å². The number of pyridine rings is 1. The average molecular weight is 774 g/mol. The van der Waals surface area contributed by atoms with Crippen molar-refractivity contribution >= 4 is 44.4 Å². The maximum Gasteiger partial charge on any atom is 0.323 e. The number of carbonyl (C=O) groups is 1. The summed E-state index contributed by atoms with van der Waals surface area (Å²) in [5.74, 6) is -0.426. The zero-order valence-electron chi connectivity index (χ0n) is 27.9. The van der Waals surface area contributed by atoms with Crippen LogP contribution in [0.4, 0.5) is 0 Å². The molecule has 51 heavy (non-hydrogen) atoms. The Hall–Kier alpha value is -4.51. The molecule has 0 amide bonds. The molecule has 3 aromatic carbocycles. The third kappa shape index (κ3) is 8.87. The molecule has 6 rings (SSSR count). The SMILES string of the molecule is N#Cc1cncc(COc2cc(OCc3cccc(-c4cccc5c4cnn5CCCN4CCCC4)c3Br)c(Cl)cc2CNC(CO)C(=O)O)c1. The summed E-state index contributed by atoms with van der Waals surface area (Å²) in [6, 6.07) is 18.2. The van der Waals surface area contributed by atoms with Crippen molar-refractivity contribution in [3.8, 4) is 28.7 Å². The number of ether oxygens (including phenoxy) is 2. The lowest BCUT2D eigenvalue weighted by atomic mass is 10.00. The molecule has 1 atom stereocenters. The number of hydrogen-bond acceptors (Lipinski definition) is 9. The van der Waals surface area contributed by atoms with E-state index in [2.05, 4.69) is 66.1 Å². The van der Waals surface area contributed by atoms with E-state index in [4.69, 9.17) is 26.2 Å². The molecule has 1 aliphatic heterocycles. The molecule has 1 unspecified atom stereocenters. The molecule has 2 aromatic heterocycles. The second-order valence-corrected chi connectivity index (χ2v) is 13.6. The summed E-state index contributed by atoms with van der Waals surface area (Å²) in [6.45, 7) is 4.09. The number of aliphatic carboxylic acids is 1. The minimum atomic E-state index is -1.18. The van der Waals surface area contributed by atoms with Gasteiger partial charge < -0.3 is 24.6 Å². The maximum atomic E-state index is 11.5. The molecule has 0 radical (unpaired) electrons. The number of nitriles is 1. The van der Waals surface area contributed by atoms with Crippen LogP contribution in [0.25, 0.3) is 22.0 Å². The molecule has 5 aromatic rings. The van der Waals surface area contributed by atoms with E-state index < -0.39 is 18.6 Å².